The third-order valence-electron chi connectivity index (χ3n) is 9.04. The van der Waals surface area contributed by atoms with Crippen LogP contribution in [0.2, 0.25) is 0 Å². The van der Waals surface area contributed by atoms with E-state index in [1.807, 2.05) is 12.1 Å². The van der Waals surface area contributed by atoms with Crippen LogP contribution in [-0.2, 0) is 0 Å². The molecular weight excluding hydrogens is 558 g/mol. The van der Waals surface area contributed by atoms with Gasteiger partial charge < -0.3 is 9.32 Å². The molecule has 2 nitrogen and oxygen atoms in total. The summed E-state index contributed by atoms with van der Waals surface area (Å²) >= 11 is 0. The van der Waals surface area contributed by atoms with Gasteiger partial charge in [-0.05, 0) is 92.3 Å². The first-order valence-corrected chi connectivity index (χ1v) is 15.7. The lowest BCUT2D eigenvalue weighted by molar-refractivity contribution is 0.669. The fraction of sp³-hybridized carbons (Fsp3) is 0. The quantitative estimate of drug-likeness (QED) is 0.186. The van der Waals surface area contributed by atoms with E-state index in [0.29, 0.717) is 0 Å². The third kappa shape index (κ3) is 4.51. The monoisotopic (exact) mass is 587 g/mol. The predicted molar refractivity (Wildman–Crippen MR) is 194 cm³/mol. The van der Waals surface area contributed by atoms with E-state index in [-0.39, 0.29) is 0 Å². The summed E-state index contributed by atoms with van der Waals surface area (Å²) in [6.45, 7) is 0. The summed E-state index contributed by atoms with van der Waals surface area (Å²) in [5, 5.41) is 7.20. The van der Waals surface area contributed by atoms with Crippen LogP contribution >= 0.6 is 0 Å². The Bertz CT molecular complexity index is 2510. The van der Waals surface area contributed by atoms with E-state index in [2.05, 4.69) is 169 Å². The Labute approximate surface area is 267 Å². The van der Waals surface area contributed by atoms with Gasteiger partial charge in [0.2, 0.25) is 0 Å². The molecule has 0 atom stereocenters. The molecule has 0 aliphatic carbocycles. The van der Waals surface area contributed by atoms with E-state index in [1.165, 1.54) is 43.8 Å². The topological polar surface area (TPSA) is 16.4 Å². The highest BCUT2D eigenvalue weighted by atomic mass is 16.3. The van der Waals surface area contributed by atoms with Crippen molar-refractivity contribution >= 4 is 60.5 Å². The van der Waals surface area contributed by atoms with Crippen LogP contribution in [-0.4, -0.2) is 0 Å². The molecule has 9 aromatic rings. The molecule has 0 unspecified atom stereocenters. The first-order chi connectivity index (χ1) is 22.8. The average molecular weight is 588 g/mol. The Morgan fingerprint density at radius 1 is 0.304 bits per heavy atom. The highest BCUT2D eigenvalue weighted by Crippen LogP contribution is 2.41. The normalized spacial score (nSPS) is 11.5. The van der Waals surface area contributed by atoms with Crippen molar-refractivity contribution in [1.82, 2.24) is 0 Å². The molecular formula is C44H29NO. The van der Waals surface area contributed by atoms with Gasteiger partial charge in [0.05, 0.1) is 0 Å². The van der Waals surface area contributed by atoms with Crippen LogP contribution in [0.4, 0.5) is 17.1 Å². The molecule has 46 heavy (non-hydrogen) atoms. The summed E-state index contributed by atoms with van der Waals surface area (Å²) < 4.78 is 6.33. The summed E-state index contributed by atoms with van der Waals surface area (Å²) in [7, 11) is 0. The molecule has 0 saturated heterocycles. The first-order valence-electron chi connectivity index (χ1n) is 15.7. The maximum atomic E-state index is 6.33. The van der Waals surface area contributed by atoms with Gasteiger partial charge >= 0.3 is 0 Å². The highest BCUT2D eigenvalue weighted by molar-refractivity contribution is 6.10. The van der Waals surface area contributed by atoms with Crippen LogP contribution in [0, 0.1) is 0 Å². The van der Waals surface area contributed by atoms with Crippen molar-refractivity contribution < 1.29 is 4.42 Å². The summed E-state index contributed by atoms with van der Waals surface area (Å²) in [4.78, 5) is 2.32. The summed E-state index contributed by atoms with van der Waals surface area (Å²) in [6.07, 6.45) is 0. The minimum absolute atomic E-state index is 0.880. The molecule has 0 N–H and O–H groups in total. The molecule has 1 heterocycles. The van der Waals surface area contributed by atoms with Gasteiger partial charge in [0.1, 0.15) is 11.2 Å². The van der Waals surface area contributed by atoms with E-state index in [4.69, 9.17) is 4.42 Å². The third-order valence-corrected chi connectivity index (χ3v) is 9.04. The number of hydrogen-bond acceptors (Lipinski definition) is 2. The Hall–Kier alpha value is -6.12. The van der Waals surface area contributed by atoms with E-state index < -0.39 is 0 Å². The second-order valence-electron chi connectivity index (χ2n) is 11.8. The lowest BCUT2D eigenvalue weighted by Gasteiger charge is -2.26. The average Bonchev–Trinajstić information content (AvgIpc) is 3.50. The Morgan fingerprint density at radius 3 is 1.54 bits per heavy atom. The molecule has 0 amide bonds. The molecule has 1 aromatic heterocycles. The number of anilines is 3. The second kappa shape index (κ2) is 10.8. The van der Waals surface area contributed by atoms with E-state index >= 15 is 0 Å². The van der Waals surface area contributed by atoms with Gasteiger partial charge in [-0.25, -0.2) is 0 Å². The number of fused-ring (bicyclic) bond motifs is 6. The number of hydrogen-bond donors (Lipinski definition) is 0. The SMILES string of the molecule is c1ccc(-c2ccc(N(c3ccc4c(ccc5cc(-c6ccccc6)ccc54)c3)c3ccc4c(c3)oc3ccccc34)cc2)cc1. The molecule has 0 saturated carbocycles. The maximum Gasteiger partial charge on any atom is 0.137 e. The van der Waals surface area contributed by atoms with E-state index in [9.17, 15) is 0 Å². The number of benzene rings is 8. The van der Waals surface area contributed by atoms with Crippen LogP contribution in [0.15, 0.2) is 180 Å². The zero-order valence-corrected chi connectivity index (χ0v) is 25.1. The van der Waals surface area contributed by atoms with Gasteiger partial charge in [-0.2, -0.15) is 0 Å². The molecule has 0 fully saturated rings. The van der Waals surface area contributed by atoms with Gasteiger partial charge in [-0.1, -0.05) is 121 Å². The number of para-hydroxylation sites is 1. The van der Waals surface area contributed by atoms with E-state index in [0.717, 1.165) is 39.0 Å². The van der Waals surface area contributed by atoms with E-state index in [1.54, 1.807) is 0 Å². The number of nitrogens with zero attached hydrogens (tertiary/aromatic N) is 1. The molecule has 0 aliphatic heterocycles. The number of rotatable bonds is 5. The fourth-order valence-electron chi connectivity index (χ4n) is 6.74. The van der Waals surface area contributed by atoms with Crippen molar-refractivity contribution in [2.24, 2.45) is 0 Å². The first kappa shape index (κ1) is 26.3. The maximum absolute atomic E-state index is 6.33. The van der Waals surface area contributed by atoms with Gasteiger partial charge in [0, 0.05) is 33.9 Å². The molecule has 2 heteroatoms. The highest BCUT2D eigenvalue weighted by Gasteiger charge is 2.17. The summed E-state index contributed by atoms with van der Waals surface area (Å²) in [6, 6.07) is 62.8. The van der Waals surface area contributed by atoms with Gasteiger partial charge in [0.15, 0.2) is 0 Å². The van der Waals surface area contributed by atoms with Crippen molar-refractivity contribution in [3.05, 3.63) is 176 Å². The van der Waals surface area contributed by atoms with Crippen LogP contribution in [0.3, 0.4) is 0 Å². The Balaban J connectivity index is 1.18. The zero-order valence-electron chi connectivity index (χ0n) is 25.1. The number of furan rings is 1. The van der Waals surface area contributed by atoms with Crippen LogP contribution in [0.1, 0.15) is 0 Å². The van der Waals surface area contributed by atoms with Crippen molar-refractivity contribution in [3.8, 4) is 22.3 Å². The van der Waals surface area contributed by atoms with Crippen molar-refractivity contribution in [3.63, 3.8) is 0 Å². The van der Waals surface area contributed by atoms with Crippen LogP contribution in [0.5, 0.6) is 0 Å². The van der Waals surface area contributed by atoms with Crippen molar-refractivity contribution in [1.29, 1.82) is 0 Å². The van der Waals surface area contributed by atoms with Crippen LogP contribution < -0.4 is 4.90 Å². The van der Waals surface area contributed by atoms with Crippen molar-refractivity contribution in [2.45, 2.75) is 0 Å². The molecule has 9 rings (SSSR count). The smallest absolute Gasteiger partial charge is 0.137 e. The van der Waals surface area contributed by atoms with Crippen molar-refractivity contribution in [2.75, 3.05) is 4.90 Å². The summed E-state index contributed by atoms with van der Waals surface area (Å²) in [5.74, 6) is 0. The summed E-state index contributed by atoms with van der Waals surface area (Å²) in [5.41, 5.74) is 9.87. The second-order valence-corrected chi connectivity index (χ2v) is 11.8. The molecule has 0 spiro atoms. The van der Waals surface area contributed by atoms with Crippen LogP contribution in [0.25, 0.3) is 65.7 Å². The molecule has 0 bridgehead atoms. The lowest BCUT2D eigenvalue weighted by atomic mass is 9.97. The standard InChI is InChI=1S/C44H29NO/c1-3-9-30(10-4-1)32-17-20-36(21-18-32)45(38-23-26-42-41-13-7-8-14-43(41)46-44(42)29-38)37-22-25-40-35(28-37)16-15-34-27-33(19-24-39(34)40)31-11-5-2-6-12-31/h1-29H. The zero-order chi connectivity index (χ0) is 30.5. The minimum Gasteiger partial charge on any atom is -0.456 e. The molecule has 8 aromatic carbocycles. The fourth-order valence-corrected chi connectivity index (χ4v) is 6.74. The lowest BCUT2D eigenvalue weighted by Crippen LogP contribution is -2.09. The Morgan fingerprint density at radius 2 is 0.804 bits per heavy atom. The van der Waals surface area contributed by atoms with Gasteiger partial charge in [-0.15, -0.1) is 0 Å². The minimum atomic E-state index is 0.880. The van der Waals surface area contributed by atoms with Gasteiger partial charge in [-0.3, -0.25) is 0 Å². The van der Waals surface area contributed by atoms with Gasteiger partial charge in [0.25, 0.3) is 0 Å². The largest absolute Gasteiger partial charge is 0.456 e. The Kier molecular flexibility index (Phi) is 6.17. The predicted octanol–water partition coefficient (Wildman–Crippen LogP) is 12.7. The molecule has 0 radical (unpaired) electrons. The molecule has 0 aliphatic rings. The molecule has 216 valence electrons.